The summed E-state index contributed by atoms with van der Waals surface area (Å²) in [5.41, 5.74) is 2.26. The molecule has 1 fully saturated rings. The minimum absolute atomic E-state index is 0.0243. The molecule has 3 aromatic rings. The molecule has 4 rings (SSSR count). The third-order valence-electron chi connectivity index (χ3n) is 5.21. The molecule has 8 heteroatoms. The maximum atomic E-state index is 12.7. The normalized spacial score (nSPS) is 16.6. The zero-order valence-electron chi connectivity index (χ0n) is 16.8. The van der Waals surface area contributed by atoms with Gasteiger partial charge < -0.3 is 15.1 Å². The van der Waals surface area contributed by atoms with E-state index in [1.54, 1.807) is 11.3 Å². The molecule has 1 aromatic carbocycles. The highest BCUT2D eigenvalue weighted by molar-refractivity contribution is 7.17. The third kappa shape index (κ3) is 4.59. The summed E-state index contributed by atoms with van der Waals surface area (Å²) in [6.45, 7) is 2.15. The van der Waals surface area contributed by atoms with Crippen LogP contribution in [0.2, 0.25) is 0 Å². The van der Waals surface area contributed by atoms with E-state index in [-0.39, 0.29) is 11.8 Å². The highest BCUT2D eigenvalue weighted by atomic mass is 32.1. The van der Waals surface area contributed by atoms with Gasteiger partial charge in [0.05, 0.1) is 5.92 Å². The predicted molar refractivity (Wildman–Crippen MR) is 117 cm³/mol. The van der Waals surface area contributed by atoms with Crippen LogP contribution in [0.25, 0.3) is 5.13 Å². The Morgan fingerprint density at radius 1 is 1.17 bits per heavy atom. The summed E-state index contributed by atoms with van der Waals surface area (Å²) in [5.74, 6) is 0.0882. The summed E-state index contributed by atoms with van der Waals surface area (Å²) >= 11 is 1.56. The molecular weight excluding hydrogens is 384 g/mol. The second kappa shape index (κ2) is 8.65. The summed E-state index contributed by atoms with van der Waals surface area (Å²) in [6, 6.07) is 12.2. The predicted octanol–water partition coefficient (Wildman–Crippen LogP) is 2.93. The van der Waals surface area contributed by atoms with Crippen molar-refractivity contribution in [2.75, 3.05) is 37.0 Å². The van der Waals surface area contributed by atoms with Crippen LogP contribution in [0.1, 0.15) is 18.4 Å². The number of carbonyl (C=O) groups is 1. The first-order chi connectivity index (χ1) is 14.1. The summed E-state index contributed by atoms with van der Waals surface area (Å²) in [4.78, 5) is 17.0. The zero-order chi connectivity index (χ0) is 20.2. The van der Waals surface area contributed by atoms with Crippen molar-refractivity contribution in [1.82, 2.24) is 20.1 Å². The summed E-state index contributed by atoms with van der Waals surface area (Å²) in [7, 11) is 4.04. The lowest BCUT2D eigenvalue weighted by Crippen LogP contribution is -2.43. The number of hydrogen-bond acceptors (Lipinski definition) is 6. The van der Waals surface area contributed by atoms with Crippen LogP contribution >= 0.6 is 11.3 Å². The topological polar surface area (TPSA) is 66.3 Å². The van der Waals surface area contributed by atoms with E-state index in [1.807, 2.05) is 43.2 Å². The first kappa shape index (κ1) is 19.4. The standard InChI is InChI=1S/C21H26N6OS/c1-25(2)18-9-7-16(8-10-18)14-22-19(28)17-6-5-13-27(15-17)21-24-23-20(29-21)26-11-3-4-12-26/h3-4,7-12,17H,5-6,13-15H2,1-2H3,(H,22,28)/t17-/m1/s1. The molecule has 0 spiro atoms. The van der Waals surface area contributed by atoms with Gasteiger partial charge in [0.1, 0.15) is 0 Å². The lowest BCUT2D eigenvalue weighted by Gasteiger charge is -2.31. The van der Waals surface area contributed by atoms with E-state index >= 15 is 0 Å². The molecule has 152 valence electrons. The second-order valence-corrected chi connectivity index (χ2v) is 8.46. The molecule has 0 radical (unpaired) electrons. The first-order valence-electron chi connectivity index (χ1n) is 9.86. The zero-order valence-corrected chi connectivity index (χ0v) is 17.6. The Kier molecular flexibility index (Phi) is 5.80. The Balaban J connectivity index is 1.33. The molecule has 1 saturated heterocycles. The SMILES string of the molecule is CN(C)c1ccc(CNC(=O)[C@@H]2CCCN(c3nnc(-n4cccc4)s3)C2)cc1. The van der Waals surface area contributed by atoms with Gasteiger partial charge in [-0.05, 0) is 42.7 Å². The van der Waals surface area contributed by atoms with E-state index in [9.17, 15) is 4.79 Å². The molecule has 0 saturated carbocycles. The summed E-state index contributed by atoms with van der Waals surface area (Å²) in [6.07, 6.45) is 5.81. The largest absolute Gasteiger partial charge is 0.378 e. The van der Waals surface area contributed by atoms with E-state index in [0.29, 0.717) is 13.1 Å². The fourth-order valence-electron chi connectivity index (χ4n) is 3.51. The van der Waals surface area contributed by atoms with E-state index in [0.717, 1.165) is 40.9 Å². The van der Waals surface area contributed by atoms with E-state index in [1.165, 1.54) is 0 Å². The third-order valence-corrected chi connectivity index (χ3v) is 6.21. The molecular formula is C21H26N6OS. The Morgan fingerprint density at radius 3 is 2.62 bits per heavy atom. The fraction of sp³-hybridized carbons (Fsp3) is 0.381. The number of anilines is 2. The smallest absolute Gasteiger partial charge is 0.225 e. The van der Waals surface area contributed by atoms with Gasteiger partial charge in [-0.25, -0.2) is 0 Å². The molecule has 0 unspecified atom stereocenters. The van der Waals surface area contributed by atoms with Crippen molar-refractivity contribution in [3.8, 4) is 5.13 Å². The van der Waals surface area contributed by atoms with Crippen molar-refractivity contribution >= 4 is 28.1 Å². The van der Waals surface area contributed by atoms with Gasteiger partial charge in [-0.3, -0.25) is 9.36 Å². The number of hydrogen-bond donors (Lipinski definition) is 1. The molecule has 2 aromatic heterocycles. The maximum Gasteiger partial charge on any atom is 0.225 e. The van der Waals surface area contributed by atoms with Gasteiger partial charge in [-0.1, -0.05) is 23.5 Å². The van der Waals surface area contributed by atoms with E-state index in [4.69, 9.17) is 0 Å². The Bertz CT molecular complexity index is 935. The molecule has 0 aliphatic carbocycles. The Morgan fingerprint density at radius 2 is 1.90 bits per heavy atom. The van der Waals surface area contributed by atoms with Gasteiger partial charge in [0.2, 0.25) is 16.2 Å². The number of aromatic nitrogens is 3. The van der Waals surface area contributed by atoms with E-state index in [2.05, 4.69) is 49.6 Å². The van der Waals surface area contributed by atoms with Crippen LogP contribution in [0.4, 0.5) is 10.8 Å². The van der Waals surface area contributed by atoms with Crippen molar-refractivity contribution in [2.24, 2.45) is 5.92 Å². The number of carbonyl (C=O) groups excluding carboxylic acids is 1. The monoisotopic (exact) mass is 410 g/mol. The molecule has 0 bridgehead atoms. The van der Waals surface area contributed by atoms with Gasteiger partial charge >= 0.3 is 0 Å². The highest BCUT2D eigenvalue weighted by Crippen LogP contribution is 2.28. The number of nitrogens with one attached hydrogen (secondary N) is 1. The average Bonchev–Trinajstić information content (AvgIpc) is 3.44. The molecule has 1 N–H and O–H groups in total. The minimum atomic E-state index is -0.0243. The van der Waals surface area contributed by atoms with Gasteiger partial charge in [0.25, 0.3) is 0 Å². The van der Waals surface area contributed by atoms with Crippen molar-refractivity contribution < 1.29 is 4.79 Å². The molecule has 7 nitrogen and oxygen atoms in total. The van der Waals surface area contributed by atoms with E-state index < -0.39 is 0 Å². The molecule has 1 aliphatic heterocycles. The van der Waals surface area contributed by atoms with Gasteiger partial charge in [0, 0.05) is 51.8 Å². The number of piperidine rings is 1. The Labute approximate surface area is 175 Å². The molecule has 1 aliphatic rings. The van der Waals surface area contributed by atoms with Crippen LogP contribution < -0.4 is 15.1 Å². The number of benzene rings is 1. The molecule has 1 amide bonds. The van der Waals surface area contributed by atoms with Crippen LogP contribution in [0.15, 0.2) is 48.8 Å². The van der Waals surface area contributed by atoms with Gasteiger partial charge in [-0.2, -0.15) is 0 Å². The van der Waals surface area contributed by atoms with Crippen molar-refractivity contribution in [3.63, 3.8) is 0 Å². The van der Waals surface area contributed by atoms with Crippen molar-refractivity contribution in [1.29, 1.82) is 0 Å². The van der Waals surface area contributed by atoms with Crippen LogP contribution in [-0.2, 0) is 11.3 Å². The highest BCUT2D eigenvalue weighted by Gasteiger charge is 2.27. The van der Waals surface area contributed by atoms with Crippen LogP contribution in [0.5, 0.6) is 0 Å². The molecule has 29 heavy (non-hydrogen) atoms. The van der Waals surface area contributed by atoms with Crippen LogP contribution in [0.3, 0.4) is 0 Å². The van der Waals surface area contributed by atoms with Crippen LogP contribution in [-0.4, -0.2) is 47.9 Å². The average molecular weight is 411 g/mol. The van der Waals surface area contributed by atoms with Crippen LogP contribution in [0, 0.1) is 5.92 Å². The maximum absolute atomic E-state index is 12.7. The number of amides is 1. The van der Waals surface area contributed by atoms with Gasteiger partial charge in [-0.15, -0.1) is 10.2 Å². The van der Waals surface area contributed by atoms with Gasteiger partial charge in [0.15, 0.2) is 0 Å². The number of rotatable bonds is 6. The van der Waals surface area contributed by atoms with Crippen molar-refractivity contribution in [2.45, 2.75) is 19.4 Å². The molecule has 3 heterocycles. The summed E-state index contributed by atoms with van der Waals surface area (Å²) in [5, 5.41) is 13.5. The number of nitrogens with zero attached hydrogens (tertiary/aromatic N) is 5. The lowest BCUT2D eigenvalue weighted by molar-refractivity contribution is -0.125. The minimum Gasteiger partial charge on any atom is -0.378 e. The quantitative estimate of drug-likeness (QED) is 0.677. The molecule has 1 atom stereocenters. The summed E-state index contributed by atoms with van der Waals surface area (Å²) < 4.78 is 1.96. The first-order valence-corrected chi connectivity index (χ1v) is 10.7. The lowest BCUT2D eigenvalue weighted by atomic mass is 9.97. The fourth-order valence-corrected chi connectivity index (χ4v) is 4.36. The van der Waals surface area contributed by atoms with Crippen molar-refractivity contribution in [3.05, 3.63) is 54.4 Å². The Hall–Kier alpha value is -2.87. The second-order valence-electron chi connectivity index (χ2n) is 7.52.